The molecule has 1 amide bonds. The quantitative estimate of drug-likeness (QED) is 0.645. The molecule has 0 radical (unpaired) electrons. The first kappa shape index (κ1) is 17.1. The molecule has 0 atom stereocenters. The third-order valence-electron chi connectivity index (χ3n) is 4.03. The number of nitrogens with one attached hydrogen (secondary N) is 1. The summed E-state index contributed by atoms with van der Waals surface area (Å²) in [5, 5.41) is 13.5. The van der Waals surface area contributed by atoms with Gasteiger partial charge in [0.1, 0.15) is 5.75 Å². The molecule has 0 bridgehead atoms. The van der Waals surface area contributed by atoms with E-state index < -0.39 is 0 Å². The molecule has 6 heteroatoms. The van der Waals surface area contributed by atoms with Crippen molar-refractivity contribution in [3.8, 4) is 5.75 Å². The van der Waals surface area contributed by atoms with Crippen molar-refractivity contribution in [1.82, 2.24) is 10.3 Å². The number of hydrogen-bond acceptors (Lipinski definition) is 5. The molecular weight excluding hydrogens is 318 g/mol. The first-order valence-corrected chi connectivity index (χ1v) is 8.23. The number of para-hydroxylation sites is 1. The Labute approximate surface area is 146 Å². The van der Waals surface area contributed by atoms with Crippen LogP contribution in [0.4, 0.5) is 0 Å². The van der Waals surface area contributed by atoms with Gasteiger partial charge in [-0.2, -0.15) is 5.10 Å². The Morgan fingerprint density at radius 2 is 1.88 bits per heavy atom. The van der Waals surface area contributed by atoms with Gasteiger partial charge in [-0.3, -0.25) is 9.69 Å². The number of carbonyl (C=O) groups is 1. The minimum atomic E-state index is -0.287. The van der Waals surface area contributed by atoms with E-state index in [1.165, 1.54) is 6.21 Å². The monoisotopic (exact) mass is 339 g/mol. The first-order chi connectivity index (χ1) is 12.2. The number of hydrogen-bond donors (Lipinski definition) is 2. The lowest BCUT2D eigenvalue weighted by atomic mass is 10.1. The van der Waals surface area contributed by atoms with Crippen molar-refractivity contribution in [2.24, 2.45) is 5.10 Å². The van der Waals surface area contributed by atoms with Gasteiger partial charge in [-0.15, -0.1) is 0 Å². The molecule has 25 heavy (non-hydrogen) atoms. The fraction of sp³-hybridized carbons (Fsp3) is 0.263. The maximum absolute atomic E-state index is 12.1. The molecule has 1 heterocycles. The van der Waals surface area contributed by atoms with E-state index in [2.05, 4.69) is 15.4 Å². The van der Waals surface area contributed by atoms with Crippen LogP contribution in [0.15, 0.2) is 53.6 Å². The van der Waals surface area contributed by atoms with Gasteiger partial charge in [-0.25, -0.2) is 5.43 Å². The average Bonchev–Trinajstić information content (AvgIpc) is 2.65. The largest absolute Gasteiger partial charge is 0.507 e. The zero-order valence-electron chi connectivity index (χ0n) is 13.9. The lowest BCUT2D eigenvalue weighted by Crippen LogP contribution is -2.35. The third-order valence-corrected chi connectivity index (χ3v) is 4.03. The third kappa shape index (κ3) is 4.89. The molecule has 1 saturated heterocycles. The van der Waals surface area contributed by atoms with Gasteiger partial charge < -0.3 is 9.84 Å². The number of phenolic OH excluding ortho intramolecular Hbond substituents is 1. The number of benzene rings is 2. The predicted molar refractivity (Wildman–Crippen MR) is 95.7 cm³/mol. The number of hydrazone groups is 1. The van der Waals surface area contributed by atoms with E-state index in [0.29, 0.717) is 11.1 Å². The Bertz CT molecular complexity index is 738. The van der Waals surface area contributed by atoms with Gasteiger partial charge in [0.15, 0.2) is 0 Å². The summed E-state index contributed by atoms with van der Waals surface area (Å²) in [7, 11) is 0. The number of nitrogens with zero attached hydrogens (tertiary/aromatic N) is 2. The summed E-state index contributed by atoms with van der Waals surface area (Å²) < 4.78 is 5.34. The maximum Gasteiger partial charge on any atom is 0.271 e. The highest BCUT2D eigenvalue weighted by atomic mass is 16.5. The van der Waals surface area contributed by atoms with E-state index in [0.717, 1.165) is 38.4 Å². The van der Waals surface area contributed by atoms with Crippen molar-refractivity contribution in [2.45, 2.75) is 6.54 Å². The lowest BCUT2D eigenvalue weighted by Gasteiger charge is -2.26. The van der Waals surface area contributed by atoms with Crippen LogP contribution in [0.2, 0.25) is 0 Å². The van der Waals surface area contributed by atoms with E-state index in [1.807, 2.05) is 12.1 Å². The molecule has 0 unspecified atom stereocenters. The smallest absolute Gasteiger partial charge is 0.271 e. The molecule has 0 saturated carbocycles. The van der Waals surface area contributed by atoms with E-state index in [4.69, 9.17) is 4.74 Å². The van der Waals surface area contributed by atoms with Crippen molar-refractivity contribution >= 4 is 12.1 Å². The van der Waals surface area contributed by atoms with Crippen LogP contribution >= 0.6 is 0 Å². The topological polar surface area (TPSA) is 74.2 Å². The number of amides is 1. The van der Waals surface area contributed by atoms with E-state index in [9.17, 15) is 9.90 Å². The molecule has 2 aromatic carbocycles. The van der Waals surface area contributed by atoms with E-state index in [-0.39, 0.29) is 11.7 Å². The average molecular weight is 339 g/mol. The van der Waals surface area contributed by atoms with Crippen molar-refractivity contribution in [1.29, 1.82) is 0 Å². The highest BCUT2D eigenvalue weighted by molar-refractivity contribution is 5.95. The van der Waals surface area contributed by atoms with Gasteiger partial charge in [0.2, 0.25) is 0 Å². The molecule has 0 aliphatic carbocycles. The Kier molecular flexibility index (Phi) is 5.77. The zero-order chi connectivity index (χ0) is 17.5. The van der Waals surface area contributed by atoms with Gasteiger partial charge in [-0.1, -0.05) is 24.3 Å². The van der Waals surface area contributed by atoms with Crippen molar-refractivity contribution in [2.75, 3.05) is 26.3 Å². The van der Waals surface area contributed by atoms with E-state index >= 15 is 0 Å². The van der Waals surface area contributed by atoms with Crippen LogP contribution in [0.25, 0.3) is 0 Å². The minimum absolute atomic E-state index is 0.118. The Morgan fingerprint density at radius 3 is 2.60 bits per heavy atom. The molecule has 1 fully saturated rings. The summed E-state index contributed by atoms with van der Waals surface area (Å²) in [6, 6.07) is 14.3. The van der Waals surface area contributed by atoms with Crippen molar-refractivity contribution in [3.63, 3.8) is 0 Å². The van der Waals surface area contributed by atoms with E-state index in [1.54, 1.807) is 36.4 Å². The second-order valence-corrected chi connectivity index (χ2v) is 5.84. The fourth-order valence-electron chi connectivity index (χ4n) is 2.60. The van der Waals surface area contributed by atoms with Crippen LogP contribution in [0.3, 0.4) is 0 Å². The number of morpholine rings is 1. The Balaban J connectivity index is 1.54. The molecule has 1 aliphatic rings. The summed E-state index contributed by atoms with van der Waals surface area (Å²) in [4.78, 5) is 14.4. The summed E-state index contributed by atoms with van der Waals surface area (Å²) in [5.74, 6) is -0.169. The van der Waals surface area contributed by atoms with Gasteiger partial charge in [0.25, 0.3) is 5.91 Å². The fourth-order valence-corrected chi connectivity index (χ4v) is 2.60. The van der Waals surface area contributed by atoms with Crippen molar-refractivity contribution in [3.05, 3.63) is 65.2 Å². The van der Waals surface area contributed by atoms with Crippen molar-refractivity contribution < 1.29 is 14.6 Å². The number of rotatable bonds is 5. The molecule has 3 rings (SSSR count). The predicted octanol–water partition coefficient (Wildman–Crippen LogP) is 1.99. The lowest BCUT2D eigenvalue weighted by molar-refractivity contribution is 0.0342. The van der Waals surface area contributed by atoms with Gasteiger partial charge in [0.05, 0.1) is 19.4 Å². The van der Waals surface area contributed by atoms with Crippen LogP contribution in [-0.4, -0.2) is 48.4 Å². The number of aromatic hydroxyl groups is 1. The van der Waals surface area contributed by atoms with Gasteiger partial charge >= 0.3 is 0 Å². The molecule has 6 nitrogen and oxygen atoms in total. The first-order valence-electron chi connectivity index (χ1n) is 8.23. The zero-order valence-corrected chi connectivity index (χ0v) is 13.9. The molecule has 2 N–H and O–H groups in total. The SMILES string of the molecule is O=C(NN=Cc1ccccc1O)c1ccc(CN2CCOCC2)cc1. The normalized spacial score (nSPS) is 15.4. The van der Waals surface area contributed by atoms with Crippen LogP contribution in [0, 0.1) is 0 Å². The molecule has 0 spiro atoms. The molecular formula is C19H21N3O3. The number of carbonyl (C=O) groups excluding carboxylic acids is 1. The standard InChI is InChI=1S/C19H21N3O3/c23-18-4-2-1-3-17(18)13-20-21-19(24)16-7-5-15(6-8-16)14-22-9-11-25-12-10-22/h1-8,13,23H,9-12,14H2,(H,21,24). The summed E-state index contributed by atoms with van der Waals surface area (Å²) in [6.07, 6.45) is 1.42. The van der Waals surface area contributed by atoms with Crippen LogP contribution in [-0.2, 0) is 11.3 Å². The summed E-state index contributed by atoms with van der Waals surface area (Å²) in [6.45, 7) is 4.27. The second kappa shape index (κ2) is 8.41. The second-order valence-electron chi connectivity index (χ2n) is 5.84. The summed E-state index contributed by atoms with van der Waals surface area (Å²) in [5.41, 5.74) is 4.72. The number of phenols is 1. The highest BCUT2D eigenvalue weighted by Crippen LogP contribution is 2.12. The molecule has 130 valence electrons. The number of ether oxygens (including phenoxy) is 1. The summed E-state index contributed by atoms with van der Waals surface area (Å²) >= 11 is 0. The molecule has 0 aromatic heterocycles. The Hall–Kier alpha value is -2.70. The maximum atomic E-state index is 12.1. The van der Waals surface area contributed by atoms with Gasteiger partial charge in [-0.05, 0) is 29.8 Å². The Morgan fingerprint density at radius 1 is 1.16 bits per heavy atom. The van der Waals surface area contributed by atoms with Crippen LogP contribution in [0.1, 0.15) is 21.5 Å². The highest BCUT2D eigenvalue weighted by Gasteiger charge is 2.11. The van der Waals surface area contributed by atoms with Crippen LogP contribution < -0.4 is 5.43 Å². The molecule has 2 aromatic rings. The minimum Gasteiger partial charge on any atom is -0.507 e. The molecule has 1 aliphatic heterocycles. The van der Waals surface area contributed by atoms with Crippen LogP contribution in [0.5, 0.6) is 5.75 Å². The van der Waals surface area contributed by atoms with Gasteiger partial charge in [0, 0.05) is 30.8 Å².